The number of hydrogen-bond donors (Lipinski definition) is 1. The molecule has 0 aliphatic heterocycles. The van der Waals surface area contributed by atoms with Gasteiger partial charge >= 0.3 is 6.18 Å². The molecule has 0 spiro atoms. The van der Waals surface area contributed by atoms with E-state index in [2.05, 4.69) is 5.32 Å². The lowest BCUT2D eigenvalue weighted by molar-refractivity contribution is -0.137. The summed E-state index contributed by atoms with van der Waals surface area (Å²) in [6, 6.07) is 6.56. The van der Waals surface area contributed by atoms with E-state index in [0.717, 1.165) is 30.3 Å². The van der Waals surface area contributed by atoms with Crippen LogP contribution in [0.15, 0.2) is 42.5 Å². The van der Waals surface area contributed by atoms with Gasteiger partial charge in [0.1, 0.15) is 5.82 Å². The van der Waals surface area contributed by atoms with Gasteiger partial charge in [-0.3, -0.25) is 4.79 Å². The molecule has 0 aliphatic rings. The molecule has 0 saturated carbocycles. The van der Waals surface area contributed by atoms with Gasteiger partial charge in [0.25, 0.3) is 5.91 Å². The highest BCUT2D eigenvalue weighted by Gasteiger charge is 2.30. The fourth-order valence-corrected chi connectivity index (χ4v) is 1.71. The zero-order valence-corrected chi connectivity index (χ0v) is 11.5. The molecule has 1 N–H and O–H groups in total. The average molecular weight is 331 g/mol. The number of benzene rings is 2. The van der Waals surface area contributed by atoms with Crippen molar-refractivity contribution in [2.75, 3.05) is 11.9 Å². The van der Waals surface area contributed by atoms with Crippen LogP contribution < -0.4 is 10.1 Å². The third-order valence-corrected chi connectivity index (χ3v) is 2.73. The summed E-state index contributed by atoms with van der Waals surface area (Å²) in [5.74, 6) is -2.92. The van der Waals surface area contributed by atoms with Crippen LogP contribution >= 0.6 is 0 Å². The van der Waals surface area contributed by atoms with E-state index in [1.807, 2.05) is 0 Å². The zero-order valence-electron chi connectivity index (χ0n) is 11.5. The minimum atomic E-state index is -4.53. The van der Waals surface area contributed by atoms with E-state index >= 15 is 0 Å². The predicted molar refractivity (Wildman–Crippen MR) is 71.9 cm³/mol. The van der Waals surface area contributed by atoms with Crippen LogP contribution in [0.4, 0.5) is 27.6 Å². The van der Waals surface area contributed by atoms with Crippen LogP contribution in [-0.2, 0) is 11.0 Å². The third kappa shape index (κ3) is 4.67. The lowest BCUT2D eigenvalue weighted by Gasteiger charge is -2.10. The normalized spacial score (nSPS) is 11.2. The standard InChI is InChI=1S/C15H10F5NO2/c16-10-4-5-13(12(17)7-10)23-8-14(22)21-11-3-1-2-9(6-11)15(18,19)20/h1-7H,8H2,(H,21,22). The summed E-state index contributed by atoms with van der Waals surface area (Å²) >= 11 is 0. The summed E-state index contributed by atoms with van der Waals surface area (Å²) in [7, 11) is 0. The monoisotopic (exact) mass is 331 g/mol. The van der Waals surface area contributed by atoms with Crippen molar-refractivity contribution in [1.82, 2.24) is 0 Å². The fraction of sp³-hybridized carbons (Fsp3) is 0.133. The van der Waals surface area contributed by atoms with Gasteiger partial charge in [0.15, 0.2) is 18.2 Å². The van der Waals surface area contributed by atoms with Crippen molar-refractivity contribution >= 4 is 11.6 Å². The number of carbonyl (C=O) groups is 1. The van der Waals surface area contributed by atoms with Crippen LogP contribution in [0.25, 0.3) is 0 Å². The summed E-state index contributed by atoms with van der Waals surface area (Å²) in [5, 5.41) is 2.20. The van der Waals surface area contributed by atoms with Crippen LogP contribution in [0.2, 0.25) is 0 Å². The van der Waals surface area contributed by atoms with E-state index < -0.39 is 35.9 Å². The Hall–Kier alpha value is -2.64. The Bertz CT molecular complexity index is 715. The van der Waals surface area contributed by atoms with Crippen molar-refractivity contribution in [3.05, 3.63) is 59.7 Å². The van der Waals surface area contributed by atoms with E-state index in [9.17, 15) is 26.7 Å². The first kappa shape index (κ1) is 16.7. The molecule has 0 unspecified atom stereocenters. The highest BCUT2D eigenvalue weighted by atomic mass is 19.4. The maximum Gasteiger partial charge on any atom is 0.416 e. The first-order chi connectivity index (χ1) is 10.8. The third-order valence-electron chi connectivity index (χ3n) is 2.73. The molecule has 8 heteroatoms. The molecule has 0 atom stereocenters. The van der Waals surface area contributed by atoms with Crippen molar-refractivity contribution in [3.8, 4) is 5.75 Å². The van der Waals surface area contributed by atoms with Gasteiger partial charge in [0, 0.05) is 11.8 Å². The first-order valence-corrected chi connectivity index (χ1v) is 6.30. The molecule has 0 aliphatic carbocycles. The zero-order chi connectivity index (χ0) is 17.0. The molecule has 0 radical (unpaired) electrons. The SMILES string of the molecule is O=C(COc1ccc(F)cc1F)Nc1cccc(C(F)(F)F)c1. The predicted octanol–water partition coefficient (Wildman–Crippen LogP) is 4.00. The summed E-state index contributed by atoms with van der Waals surface area (Å²) in [5.41, 5.74) is -0.992. The molecule has 3 nitrogen and oxygen atoms in total. The van der Waals surface area contributed by atoms with Crippen LogP contribution in [-0.4, -0.2) is 12.5 Å². The molecule has 0 saturated heterocycles. The number of alkyl halides is 3. The van der Waals surface area contributed by atoms with E-state index in [1.54, 1.807) is 0 Å². The highest BCUT2D eigenvalue weighted by molar-refractivity contribution is 5.91. The Balaban J connectivity index is 1.97. The molecule has 122 valence electrons. The summed E-state index contributed by atoms with van der Waals surface area (Å²) < 4.78 is 68.5. The van der Waals surface area contributed by atoms with Crippen molar-refractivity contribution in [2.24, 2.45) is 0 Å². The van der Waals surface area contributed by atoms with E-state index in [4.69, 9.17) is 4.74 Å². The Morgan fingerprint density at radius 3 is 2.48 bits per heavy atom. The lowest BCUT2D eigenvalue weighted by Crippen LogP contribution is -2.20. The second kappa shape index (κ2) is 6.64. The summed E-state index contributed by atoms with van der Waals surface area (Å²) in [6.45, 7) is -0.640. The number of amides is 1. The number of hydrogen-bond acceptors (Lipinski definition) is 2. The number of anilines is 1. The number of ether oxygens (including phenoxy) is 1. The van der Waals surface area contributed by atoms with Crippen LogP contribution in [0.1, 0.15) is 5.56 Å². The molecule has 0 fully saturated rings. The number of nitrogens with one attached hydrogen (secondary N) is 1. The Labute approximate surface area is 127 Å². The number of halogens is 5. The van der Waals surface area contributed by atoms with Gasteiger partial charge in [0.05, 0.1) is 5.56 Å². The minimum absolute atomic E-state index is 0.0759. The maximum atomic E-state index is 13.3. The molecule has 0 bridgehead atoms. The highest BCUT2D eigenvalue weighted by Crippen LogP contribution is 2.30. The van der Waals surface area contributed by atoms with Crippen molar-refractivity contribution in [3.63, 3.8) is 0 Å². The first-order valence-electron chi connectivity index (χ1n) is 6.30. The molecule has 1 amide bonds. The van der Waals surface area contributed by atoms with Crippen molar-refractivity contribution in [1.29, 1.82) is 0 Å². The molecule has 0 heterocycles. The van der Waals surface area contributed by atoms with Gasteiger partial charge in [-0.15, -0.1) is 0 Å². The molecule has 23 heavy (non-hydrogen) atoms. The van der Waals surface area contributed by atoms with E-state index in [0.29, 0.717) is 6.07 Å². The quantitative estimate of drug-likeness (QED) is 0.860. The van der Waals surface area contributed by atoms with E-state index in [-0.39, 0.29) is 11.4 Å². The maximum absolute atomic E-state index is 13.3. The fourth-order valence-electron chi connectivity index (χ4n) is 1.71. The van der Waals surface area contributed by atoms with Crippen LogP contribution in [0, 0.1) is 11.6 Å². The number of rotatable bonds is 4. The smallest absolute Gasteiger partial charge is 0.416 e. The van der Waals surface area contributed by atoms with Gasteiger partial charge in [0.2, 0.25) is 0 Å². The van der Waals surface area contributed by atoms with Crippen molar-refractivity contribution in [2.45, 2.75) is 6.18 Å². The largest absolute Gasteiger partial charge is 0.481 e. The van der Waals surface area contributed by atoms with Gasteiger partial charge in [-0.05, 0) is 30.3 Å². The Morgan fingerprint density at radius 2 is 1.83 bits per heavy atom. The Kier molecular flexibility index (Phi) is 4.83. The van der Waals surface area contributed by atoms with Gasteiger partial charge in [-0.2, -0.15) is 13.2 Å². The summed E-state index contributed by atoms with van der Waals surface area (Å²) in [6.07, 6.45) is -4.53. The Morgan fingerprint density at radius 1 is 1.09 bits per heavy atom. The topological polar surface area (TPSA) is 38.3 Å². The number of carbonyl (C=O) groups excluding carboxylic acids is 1. The molecule has 2 rings (SSSR count). The second-order valence-corrected chi connectivity index (χ2v) is 4.49. The second-order valence-electron chi connectivity index (χ2n) is 4.49. The summed E-state index contributed by atoms with van der Waals surface area (Å²) in [4.78, 5) is 11.6. The van der Waals surface area contributed by atoms with Gasteiger partial charge < -0.3 is 10.1 Å². The van der Waals surface area contributed by atoms with Gasteiger partial charge in [-0.25, -0.2) is 8.78 Å². The molecule has 2 aromatic rings. The average Bonchev–Trinajstić information content (AvgIpc) is 2.45. The van der Waals surface area contributed by atoms with Crippen LogP contribution in [0.5, 0.6) is 5.75 Å². The molecular formula is C15H10F5NO2. The van der Waals surface area contributed by atoms with Crippen LogP contribution in [0.3, 0.4) is 0 Å². The minimum Gasteiger partial charge on any atom is -0.481 e. The molecular weight excluding hydrogens is 321 g/mol. The van der Waals surface area contributed by atoms with Crippen molar-refractivity contribution < 1.29 is 31.5 Å². The lowest BCUT2D eigenvalue weighted by atomic mass is 10.2. The van der Waals surface area contributed by atoms with E-state index in [1.165, 1.54) is 6.07 Å². The molecule has 2 aromatic carbocycles. The molecule has 0 aromatic heterocycles. The van der Waals surface area contributed by atoms with Gasteiger partial charge in [-0.1, -0.05) is 6.07 Å².